The zero-order chi connectivity index (χ0) is 63.2. The van der Waals surface area contributed by atoms with E-state index in [9.17, 15) is 0 Å². The molecule has 6 aliphatic rings. The first-order valence-corrected chi connectivity index (χ1v) is 33.8. The second-order valence-electron chi connectivity index (χ2n) is 26.6. The molecule has 16 aromatic rings. The lowest BCUT2D eigenvalue weighted by molar-refractivity contribution is 0.633. The molecule has 0 nitrogen and oxygen atoms in total. The van der Waals surface area contributed by atoms with Crippen molar-refractivity contribution in [3.05, 3.63) is 465 Å². The molecule has 0 fully saturated rings. The van der Waals surface area contributed by atoms with Gasteiger partial charge in [0.1, 0.15) is 0 Å². The Hall–Kier alpha value is -12.0. The number of hydrogen-bond donors (Lipinski definition) is 0. The molecule has 0 heterocycles. The molecule has 0 saturated carbocycles. The van der Waals surface area contributed by atoms with Crippen molar-refractivity contribution in [2.45, 2.75) is 21.7 Å². The summed E-state index contributed by atoms with van der Waals surface area (Å²) in [5.74, 6) is 0. The number of rotatable bonds is 2. The van der Waals surface area contributed by atoms with Gasteiger partial charge in [-0.1, -0.05) is 376 Å². The summed E-state index contributed by atoms with van der Waals surface area (Å²) in [5.41, 5.74) is 34.4. The predicted octanol–water partition coefficient (Wildman–Crippen LogP) is 23.1. The fourth-order valence-corrected chi connectivity index (χ4v) is 19.4. The van der Waals surface area contributed by atoms with Crippen LogP contribution in [-0.4, -0.2) is 0 Å². The summed E-state index contributed by atoms with van der Waals surface area (Å²) in [4.78, 5) is 0. The van der Waals surface area contributed by atoms with Crippen LogP contribution in [0.1, 0.15) is 89.0 Å². The summed E-state index contributed by atoms with van der Waals surface area (Å²) in [6.45, 7) is 0. The van der Waals surface area contributed by atoms with E-state index in [-0.39, 0.29) is 21.7 Å². The predicted molar refractivity (Wildman–Crippen MR) is 396 cm³/mol. The lowest BCUT2D eigenvalue weighted by Crippen LogP contribution is -2.43. The standard InChI is InChI=1S/C38H24.C33H20.C25H18/c1-5-17-29-25(13-1)26-14-2-6-18-30(26)37(29)33-21-9-11-23-35(33)38(36-24-12-10-22-34(36)37)31-19-7-3-15-27(31)28-16-4-8-20-32(28)38;1-3-15-25-21(11-1)22-12-2-4-16-26(22)32-31(25)27-17-7-10-20-30(27)33(32)28-18-8-5-13-23(28)24-14-6-9-19-29(24)33;1-3-11-19(12-4-1)25(20-13-5-2-6-14-20)23-17-9-7-15-21(23)22-16-8-10-18-24(22)25/h1-24H;1-20H;1-18H. The van der Waals surface area contributed by atoms with Gasteiger partial charge in [0, 0.05) is 0 Å². The van der Waals surface area contributed by atoms with Crippen LogP contribution < -0.4 is 0 Å². The third-order valence-corrected chi connectivity index (χ3v) is 22.6. The Labute approximate surface area is 560 Å². The molecule has 6 aliphatic carbocycles. The van der Waals surface area contributed by atoms with Gasteiger partial charge in [0.2, 0.25) is 0 Å². The molecule has 0 heteroatoms. The quantitative estimate of drug-likeness (QED) is 0.151. The van der Waals surface area contributed by atoms with Gasteiger partial charge in [0.05, 0.1) is 21.7 Å². The van der Waals surface area contributed by atoms with Crippen LogP contribution in [0.2, 0.25) is 0 Å². The van der Waals surface area contributed by atoms with Crippen LogP contribution >= 0.6 is 0 Å². The van der Waals surface area contributed by atoms with E-state index in [4.69, 9.17) is 0 Å². The zero-order valence-electron chi connectivity index (χ0n) is 52.8. The van der Waals surface area contributed by atoms with E-state index in [1.807, 2.05) is 0 Å². The van der Waals surface area contributed by atoms with Crippen molar-refractivity contribution in [3.63, 3.8) is 0 Å². The first kappa shape index (κ1) is 54.6. The Kier molecular flexibility index (Phi) is 11.8. The third-order valence-electron chi connectivity index (χ3n) is 22.6. The zero-order valence-corrected chi connectivity index (χ0v) is 52.8. The second-order valence-corrected chi connectivity index (χ2v) is 26.6. The maximum Gasteiger partial charge on any atom is 0.0731 e. The van der Waals surface area contributed by atoms with Crippen molar-refractivity contribution in [1.82, 2.24) is 0 Å². The first-order chi connectivity index (χ1) is 47.7. The Morgan fingerprint density at radius 1 is 0.125 bits per heavy atom. The highest BCUT2D eigenvalue weighted by molar-refractivity contribution is 6.20. The number of hydrogen-bond acceptors (Lipinski definition) is 0. The van der Waals surface area contributed by atoms with Gasteiger partial charge < -0.3 is 0 Å². The minimum atomic E-state index is -0.363. The van der Waals surface area contributed by atoms with Crippen molar-refractivity contribution >= 4 is 21.5 Å². The Balaban J connectivity index is 0.000000101. The summed E-state index contributed by atoms with van der Waals surface area (Å²) >= 11 is 0. The molecule has 0 saturated heterocycles. The molecule has 22 rings (SSSR count). The van der Waals surface area contributed by atoms with Crippen molar-refractivity contribution in [3.8, 4) is 55.6 Å². The van der Waals surface area contributed by atoms with Gasteiger partial charge in [0.25, 0.3) is 0 Å². The third kappa shape index (κ3) is 6.92. The van der Waals surface area contributed by atoms with E-state index < -0.39 is 0 Å². The van der Waals surface area contributed by atoms with E-state index in [2.05, 4.69) is 376 Å². The van der Waals surface area contributed by atoms with Gasteiger partial charge in [-0.2, -0.15) is 0 Å². The largest absolute Gasteiger partial charge is 0.0731 e. The highest BCUT2D eigenvalue weighted by atomic mass is 14.6. The molecule has 0 atom stereocenters. The summed E-state index contributed by atoms with van der Waals surface area (Å²) in [5, 5.41) is 5.37. The Morgan fingerprint density at radius 2 is 0.323 bits per heavy atom. The van der Waals surface area contributed by atoms with Crippen molar-refractivity contribution in [1.29, 1.82) is 0 Å². The average Bonchev–Trinajstić information content (AvgIpc) is 1.37. The highest BCUT2D eigenvalue weighted by Gasteiger charge is 2.59. The maximum atomic E-state index is 2.40. The topological polar surface area (TPSA) is 0 Å². The van der Waals surface area contributed by atoms with Gasteiger partial charge in [-0.15, -0.1) is 0 Å². The lowest BCUT2D eigenvalue weighted by Gasteiger charge is -2.48. The fourth-order valence-electron chi connectivity index (χ4n) is 19.4. The lowest BCUT2D eigenvalue weighted by atomic mass is 9.52. The van der Waals surface area contributed by atoms with Crippen molar-refractivity contribution < 1.29 is 0 Å². The van der Waals surface area contributed by atoms with Crippen LogP contribution in [0.15, 0.2) is 376 Å². The van der Waals surface area contributed by atoms with E-state index >= 15 is 0 Å². The Morgan fingerprint density at radius 3 is 0.635 bits per heavy atom. The fraction of sp³-hybridized carbons (Fsp3) is 0.0417. The molecule has 0 radical (unpaired) electrons. The van der Waals surface area contributed by atoms with E-state index in [1.165, 1.54) is 166 Å². The molecule has 0 unspecified atom stereocenters. The first-order valence-electron chi connectivity index (χ1n) is 33.8. The van der Waals surface area contributed by atoms with Crippen LogP contribution in [0.4, 0.5) is 0 Å². The monoisotopic (exact) mass is 1210 g/mol. The average molecular weight is 1220 g/mol. The Bertz CT molecular complexity index is 5450. The molecule has 96 heavy (non-hydrogen) atoms. The van der Waals surface area contributed by atoms with Gasteiger partial charge >= 0.3 is 0 Å². The van der Waals surface area contributed by atoms with Gasteiger partial charge in [-0.05, 0) is 166 Å². The molecular weight excluding hydrogens is 1150 g/mol. The van der Waals surface area contributed by atoms with Crippen molar-refractivity contribution in [2.75, 3.05) is 0 Å². The smallest absolute Gasteiger partial charge is 0.0622 e. The molecule has 16 aromatic carbocycles. The highest BCUT2D eigenvalue weighted by Crippen LogP contribution is 2.69. The van der Waals surface area contributed by atoms with Gasteiger partial charge in [-0.25, -0.2) is 0 Å². The van der Waals surface area contributed by atoms with Crippen LogP contribution in [-0.2, 0) is 21.7 Å². The molecule has 0 bridgehead atoms. The SMILES string of the molecule is c1ccc(C2(c3ccccc3)c3ccccc3-c3ccccc32)cc1.c1ccc2c(c1)-c1ccccc1C21c2ccccc2-c2c1c1ccccc1c1ccccc21.c1ccc2c(c1)-c1ccccc1C21c2ccccc2C2(c3ccccc3-c3ccccc32)c2ccccc21. The summed E-state index contributed by atoms with van der Waals surface area (Å²) in [6, 6.07) is 139. The molecule has 446 valence electrons. The summed E-state index contributed by atoms with van der Waals surface area (Å²) in [6.07, 6.45) is 0. The molecule has 3 spiro atoms. The molecular formula is C96H62. The van der Waals surface area contributed by atoms with E-state index in [1.54, 1.807) is 0 Å². The van der Waals surface area contributed by atoms with Gasteiger partial charge in [0.15, 0.2) is 0 Å². The molecule has 0 aliphatic heterocycles. The number of fused-ring (bicyclic) bond motifs is 34. The minimum Gasteiger partial charge on any atom is -0.0622 e. The maximum absolute atomic E-state index is 2.40. The summed E-state index contributed by atoms with van der Waals surface area (Å²) < 4.78 is 0. The van der Waals surface area contributed by atoms with Crippen molar-refractivity contribution in [2.24, 2.45) is 0 Å². The van der Waals surface area contributed by atoms with E-state index in [0.717, 1.165) is 0 Å². The normalized spacial score (nSPS) is 14.8. The minimum absolute atomic E-state index is 0.254. The summed E-state index contributed by atoms with van der Waals surface area (Å²) in [7, 11) is 0. The molecule has 0 amide bonds. The molecule has 0 N–H and O–H groups in total. The van der Waals surface area contributed by atoms with Crippen LogP contribution in [0.25, 0.3) is 77.2 Å². The molecule has 0 aromatic heterocycles. The number of benzene rings is 16. The van der Waals surface area contributed by atoms with Crippen LogP contribution in [0.3, 0.4) is 0 Å². The van der Waals surface area contributed by atoms with Crippen LogP contribution in [0.5, 0.6) is 0 Å². The van der Waals surface area contributed by atoms with E-state index in [0.29, 0.717) is 0 Å². The second kappa shape index (κ2) is 20.8. The van der Waals surface area contributed by atoms with Crippen LogP contribution in [0, 0.1) is 0 Å². The van der Waals surface area contributed by atoms with Gasteiger partial charge in [-0.3, -0.25) is 0 Å².